The molecular weight excluding hydrogens is 342 g/mol. The number of rotatable bonds is 8. The van der Waals surface area contributed by atoms with Crippen molar-refractivity contribution in [2.45, 2.75) is 24.8 Å². The fraction of sp³-hybridized carbons (Fsp3) is 0.238. The van der Waals surface area contributed by atoms with E-state index in [1.165, 1.54) is 10.5 Å². The zero-order valence-electron chi connectivity index (χ0n) is 14.9. The molecule has 0 spiro atoms. The highest BCUT2D eigenvalue weighted by atomic mass is 32.2. The van der Waals surface area contributed by atoms with Crippen LogP contribution in [0.3, 0.4) is 0 Å². The van der Waals surface area contributed by atoms with Crippen molar-refractivity contribution in [3.8, 4) is 0 Å². The highest BCUT2D eigenvalue weighted by molar-refractivity contribution is 7.99. The van der Waals surface area contributed by atoms with Gasteiger partial charge in [0.15, 0.2) is 0 Å². The van der Waals surface area contributed by atoms with Crippen LogP contribution in [0.4, 0.5) is 0 Å². The van der Waals surface area contributed by atoms with Crippen molar-refractivity contribution in [2.24, 2.45) is 0 Å². The molecule has 0 atom stereocenters. The predicted molar refractivity (Wildman–Crippen MR) is 107 cm³/mol. The number of amides is 1. The average molecular weight is 366 g/mol. The molecule has 3 rings (SSSR count). The third-order valence-corrected chi connectivity index (χ3v) is 5.12. The summed E-state index contributed by atoms with van der Waals surface area (Å²) in [5.41, 5.74) is 2.83. The quantitative estimate of drug-likeness (QED) is 0.484. The van der Waals surface area contributed by atoms with E-state index in [1.807, 2.05) is 41.1 Å². The first-order chi connectivity index (χ1) is 12.8. The molecule has 0 fully saturated rings. The third-order valence-electron chi connectivity index (χ3n) is 4.10. The Bertz CT molecular complexity index is 831. The van der Waals surface area contributed by atoms with E-state index < -0.39 is 0 Å². The van der Waals surface area contributed by atoms with E-state index in [0.29, 0.717) is 18.7 Å². The monoisotopic (exact) mass is 365 g/mol. The third kappa shape index (κ3) is 4.76. The maximum atomic E-state index is 12.5. The minimum absolute atomic E-state index is 0.0465. The van der Waals surface area contributed by atoms with Gasteiger partial charge < -0.3 is 5.32 Å². The van der Waals surface area contributed by atoms with Gasteiger partial charge in [0, 0.05) is 17.2 Å². The minimum atomic E-state index is -0.0465. The van der Waals surface area contributed by atoms with Crippen LogP contribution in [0.5, 0.6) is 0 Å². The molecule has 0 aliphatic heterocycles. The van der Waals surface area contributed by atoms with Gasteiger partial charge in [0.05, 0.1) is 24.0 Å². The van der Waals surface area contributed by atoms with Gasteiger partial charge in [-0.05, 0) is 24.1 Å². The molecule has 0 saturated heterocycles. The van der Waals surface area contributed by atoms with E-state index in [2.05, 4.69) is 41.6 Å². The first kappa shape index (κ1) is 18.3. The fourth-order valence-corrected chi connectivity index (χ4v) is 3.60. The van der Waals surface area contributed by atoms with Gasteiger partial charge in [-0.3, -0.25) is 9.48 Å². The highest BCUT2D eigenvalue weighted by Gasteiger charge is 2.16. The summed E-state index contributed by atoms with van der Waals surface area (Å²) in [4.78, 5) is 13.7. The summed E-state index contributed by atoms with van der Waals surface area (Å²) < 4.78 is 1.92. The molecule has 4 nitrogen and oxygen atoms in total. The van der Waals surface area contributed by atoms with E-state index in [-0.39, 0.29) is 5.91 Å². The van der Waals surface area contributed by atoms with Crippen LogP contribution in [0.25, 0.3) is 0 Å². The SMILES string of the molecule is CCc1c(C(=O)NCCSc2ccccc2)cnn1Cc1ccccc1. The molecule has 1 heterocycles. The van der Waals surface area contributed by atoms with Crippen LogP contribution in [0.2, 0.25) is 0 Å². The molecule has 0 radical (unpaired) electrons. The molecule has 134 valence electrons. The Kier molecular flexibility index (Phi) is 6.50. The Morgan fingerprint density at radius 2 is 1.77 bits per heavy atom. The Morgan fingerprint density at radius 3 is 2.46 bits per heavy atom. The van der Waals surface area contributed by atoms with Gasteiger partial charge in [-0.25, -0.2) is 0 Å². The topological polar surface area (TPSA) is 46.9 Å². The first-order valence-electron chi connectivity index (χ1n) is 8.82. The zero-order valence-corrected chi connectivity index (χ0v) is 15.7. The largest absolute Gasteiger partial charge is 0.351 e. The normalized spacial score (nSPS) is 10.7. The standard InChI is InChI=1S/C21H23N3OS/c1-2-20-19(15-23-24(20)16-17-9-5-3-6-10-17)21(25)22-13-14-26-18-11-7-4-8-12-18/h3-12,15H,2,13-14,16H2,1H3,(H,22,25). The van der Waals surface area contributed by atoms with Crippen LogP contribution >= 0.6 is 11.8 Å². The number of nitrogens with one attached hydrogen (secondary N) is 1. The molecule has 1 aromatic heterocycles. The number of benzene rings is 2. The van der Waals surface area contributed by atoms with Crippen molar-refractivity contribution >= 4 is 17.7 Å². The maximum absolute atomic E-state index is 12.5. The van der Waals surface area contributed by atoms with Crippen LogP contribution in [-0.4, -0.2) is 28.0 Å². The number of hydrogen-bond donors (Lipinski definition) is 1. The lowest BCUT2D eigenvalue weighted by molar-refractivity contribution is 0.0955. The summed E-state index contributed by atoms with van der Waals surface area (Å²) in [6.45, 7) is 3.37. The van der Waals surface area contributed by atoms with Crippen molar-refractivity contribution in [1.29, 1.82) is 0 Å². The molecular formula is C21H23N3OS. The van der Waals surface area contributed by atoms with Gasteiger partial charge in [0.1, 0.15) is 0 Å². The van der Waals surface area contributed by atoms with Gasteiger partial charge in [0.2, 0.25) is 0 Å². The number of hydrogen-bond acceptors (Lipinski definition) is 3. The molecule has 2 aromatic carbocycles. The molecule has 0 saturated carbocycles. The summed E-state index contributed by atoms with van der Waals surface area (Å²) in [5, 5.41) is 7.44. The van der Waals surface area contributed by atoms with E-state index >= 15 is 0 Å². The van der Waals surface area contributed by atoms with Gasteiger partial charge in [-0.1, -0.05) is 55.5 Å². The van der Waals surface area contributed by atoms with E-state index in [0.717, 1.165) is 17.9 Å². The molecule has 0 aliphatic carbocycles. The Labute approximate surface area is 158 Å². The number of thioether (sulfide) groups is 1. The molecule has 1 amide bonds. The van der Waals surface area contributed by atoms with Crippen LogP contribution in [0, 0.1) is 0 Å². The van der Waals surface area contributed by atoms with Crippen LogP contribution in [0.1, 0.15) is 28.5 Å². The second-order valence-corrected chi connectivity index (χ2v) is 7.09. The molecule has 0 unspecified atom stereocenters. The summed E-state index contributed by atoms with van der Waals surface area (Å²) in [5.74, 6) is 0.796. The van der Waals surface area contributed by atoms with E-state index in [4.69, 9.17) is 0 Å². The van der Waals surface area contributed by atoms with Gasteiger partial charge >= 0.3 is 0 Å². The Hall–Kier alpha value is -2.53. The minimum Gasteiger partial charge on any atom is -0.351 e. The summed E-state index contributed by atoms with van der Waals surface area (Å²) in [6, 6.07) is 20.4. The van der Waals surface area contributed by atoms with Crippen molar-refractivity contribution in [2.75, 3.05) is 12.3 Å². The summed E-state index contributed by atoms with van der Waals surface area (Å²) in [7, 11) is 0. The number of nitrogens with zero attached hydrogens (tertiary/aromatic N) is 2. The molecule has 0 bridgehead atoms. The molecule has 5 heteroatoms. The lowest BCUT2D eigenvalue weighted by Gasteiger charge is -2.09. The van der Waals surface area contributed by atoms with Crippen LogP contribution in [-0.2, 0) is 13.0 Å². The van der Waals surface area contributed by atoms with Gasteiger partial charge in [-0.15, -0.1) is 11.8 Å². The van der Waals surface area contributed by atoms with Gasteiger partial charge in [0.25, 0.3) is 5.91 Å². The second-order valence-electron chi connectivity index (χ2n) is 5.92. The first-order valence-corrected chi connectivity index (χ1v) is 9.81. The smallest absolute Gasteiger partial charge is 0.254 e. The van der Waals surface area contributed by atoms with Crippen LogP contribution in [0.15, 0.2) is 71.8 Å². The summed E-state index contributed by atoms with van der Waals surface area (Å²) >= 11 is 1.74. The predicted octanol–water partition coefficient (Wildman–Crippen LogP) is 4.02. The van der Waals surface area contributed by atoms with Crippen molar-refractivity contribution in [3.05, 3.63) is 83.7 Å². The van der Waals surface area contributed by atoms with Crippen molar-refractivity contribution in [3.63, 3.8) is 0 Å². The number of carbonyl (C=O) groups is 1. The lowest BCUT2D eigenvalue weighted by atomic mass is 10.2. The average Bonchev–Trinajstić information content (AvgIpc) is 3.09. The van der Waals surface area contributed by atoms with E-state index in [9.17, 15) is 4.79 Å². The van der Waals surface area contributed by atoms with Crippen molar-refractivity contribution < 1.29 is 4.79 Å². The highest BCUT2D eigenvalue weighted by Crippen LogP contribution is 2.16. The molecule has 3 aromatic rings. The Balaban J connectivity index is 1.57. The Morgan fingerprint density at radius 1 is 1.08 bits per heavy atom. The second kappa shape index (κ2) is 9.25. The fourth-order valence-electron chi connectivity index (χ4n) is 2.81. The van der Waals surface area contributed by atoms with Gasteiger partial charge in [-0.2, -0.15) is 5.10 Å². The maximum Gasteiger partial charge on any atom is 0.254 e. The molecule has 0 aliphatic rings. The lowest BCUT2D eigenvalue weighted by Crippen LogP contribution is -2.26. The molecule has 1 N–H and O–H groups in total. The number of aromatic nitrogens is 2. The van der Waals surface area contributed by atoms with Crippen LogP contribution < -0.4 is 5.32 Å². The molecule has 26 heavy (non-hydrogen) atoms. The van der Waals surface area contributed by atoms with Crippen molar-refractivity contribution in [1.82, 2.24) is 15.1 Å². The summed E-state index contributed by atoms with van der Waals surface area (Å²) in [6.07, 6.45) is 2.45. The zero-order chi connectivity index (χ0) is 18.2. The van der Waals surface area contributed by atoms with E-state index in [1.54, 1.807) is 18.0 Å². The number of carbonyl (C=O) groups excluding carboxylic acids is 1.